The SMILES string of the molecule is COc1ccc(OC)c(Cn2ncc([N+](=O)[O-])c2N)c1. The number of rotatable bonds is 5. The molecule has 1 heterocycles. The van der Waals surface area contributed by atoms with Crippen LogP contribution >= 0.6 is 0 Å². The van der Waals surface area contributed by atoms with Crippen LogP contribution in [0.15, 0.2) is 24.4 Å². The first-order chi connectivity index (χ1) is 9.56. The summed E-state index contributed by atoms with van der Waals surface area (Å²) in [7, 11) is 3.10. The van der Waals surface area contributed by atoms with Crippen LogP contribution in [0.4, 0.5) is 11.5 Å². The molecular weight excluding hydrogens is 264 g/mol. The van der Waals surface area contributed by atoms with Gasteiger partial charge in [-0.2, -0.15) is 5.10 Å². The van der Waals surface area contributed by atoms with Gasteiger partial charge in [0.05, 0.1) is 25.7 Å². The molecule has 8 nitrogen and oxygen atoms in total. The first-order valence-corrected chi connectivity index (χ1v) is 5.73. The van der Waals surface area contributed by atoms with E-state index in [-0.39, 0.29) is 18.1 Å². The van der Waals surface area contributed by atoms with Gasteiger partial charge < -0.3 is 15.2 Å². The van der Waals surface area contributed by atoms with Crippen LogP contribution in [0.2, 0.25) is 0 Å². The molecule has 1 aromatic heterocycles. The third-order valence-electron chi connectivity index (χ3n) is 2.86. The summed E-state index contributed by atoms with van der Waals surface area (Å²) in [6, 6.07) is 5.28. The van der Waals surface area contributed by atoms with E-state index in [2.05, 4.69) is 5.10 Å². The highest BCUT2D eigenvalue weighted by Crippen LogP contribution is 2.27. The maximum atomic E-state index is 10.7. The number of nitrogens with two attached hydrogens (primary N) is 1. The molecule has 0 aliphatic heterocycles. The summed E-state index contributed by atoms with van der Waals surface area (Å²) in [6.07, 6.45) is 1.13. The van der Waals surface area contributed by atoms with E-state index in [1.54, 1.807) is 32.4 Å². The van der Waals surface area contributed by atoms with Crippen LogP contribution in [0.25, 0.3) is 0 Å². The zero-order valence-corrected chi connectivity index (χ0v) is 11.1. The molecule has 0 aliphatic carbocycles. The van der Waals surface area contributed by atoms with E-state index in [9.17, 15) is 10.1 Å². The predicted octanol–water partition coefficient (Wildman–Crippen LogP) is 1.44. The molecule has 0 bridgehead atoms. The minimum Gasteiger partial charge on any atom is -0.497 e. The maximum Gasteiger partial charge on any atom is 0.330 e. The van der Waals surface area contributed by atoms with Crippen LogP contribution in [0.3, 0.4) is 0 Å². The summed E-state index contributed by atoms with van der Waals surface area (Å²) in [6.45, 7) is 0.250. The van der Waals surface area contributed by atoms with Crippen molar-refractivity contribution in [1.82, 2.24) is 9.78 Å². The molecule has 0 amide bonds. The smallest absolute Gasteiger partial charge is 0.330 e. The molecule has 0 fully saturated rings. The molecule has 2 N–H and O–H groups in total. The lowest BCUT2D eigenvalue weighted by molar-refractivity contribution is -0.384. The van der Waals surface area contributed by atoms with Gasteiger partial charge in [0, 0.05) is 5.56 Å². The summed E-state index contributed by atoms with van der Waals surface area (Å²) < 4.78 is 11.7. The van der Waals surface area contributed by atoms with Crippen molar-refractivity contribution >= 4 is 11.5 Å². The second-order valence-corrected chi connectivity index (χ2v) is 4.01. The van der Waals surface area contributed by atoms with Crippen molar-refractivity contribution in [3.05, 3.63) is 40.1 Å². The van der Waals surface area contributed by atoms with Gasteiger partial charge in [-0.15, -0.1) is 0 Å². The van der Waals surface area contributed by atoms with Crippen LogP contribution < -0.4 is 15.2 Å². The topological polar surface area (TPSA) is 105 Å². The summed E-state index contributed by atoms with van der Waals surface area (Å²) in [5, 5.41) is 14.7. The molecule has 20 heavy (non-hydrogen) atoms. The molecule has 0 unspecified atom stereocenters. The number of aromatic nitrogens is 2. The van der Waals surface area contributed by atoms with Crippen molar-refractivity contribution in [3.63, 3.8) is 0 Å². The molecule has 0 radical (unpaired) electrons. The zero-order valence-electron chi connectivity index (χ0n) is 11.1. The zero-order chi connectivity index (χ0) is 14.7. The normalized spacial score (nSPS) is 10.3. The molecule has 0 aliphatic rings. The minimum absolute atomic E-state index is 0.000118. The van der Waals surface area contributed by atoms with E-state index < -0.39 is 4.92 Å². The summed E-state index contributed by atoms with van der Waals surface area (Å²) >= 11 is 0. The Labute approximate surface area is 114 Å². The molecule has 106 valence electrons. The van der Waals surface area contributed by atoms with Crippen molar-refractivity contribution in [2.45, 2.75) is 6.54 Å². The summed E-state index contributed by atoms with van der Waals surface area (Å²) in [5.74, 6) is 1.28. The van der Waals surface area contributed by atoms with Crippen molar-refractivity contribution in [2.24, 2.45) is 0 Å². The number of benzene rings is 1. The van der Waals surface area contributed by atoms with Gasteiger partial charge in [-0.3, -0.25) is 10.1 Å². The van der Waals surface area contributed by atoms with Crippen LogP contribution in [-0.2, 0) is 6.54 Å². The van der Waals surface area contributed by atoms with Gasteiger partial charge in [-0.1, -0.05) is 0 Å². The number of hydrogen-bond acceptors (Lipinski definition) is 6. The van der Waals surface area contributed by atoms with Gasteiger partial charge in [-0.05, 0) is 18.2 Å². The fourth-order valence-electron chi connectivity index (χ4n) is 1.82. The van der Waals surface area contributed by atoms with Crippen molar-refractivity contribution in [2.75, 3.05) is 20.0 Å². The highest BCUT2D eigenvalue weighted by Gasteiger charge is 2.18. The standard InChI is InChI=1S/C12H14N4O4/c1-19-9-3-4-11(20-2)8(5-9)7-15-12(13)10(6-14-15)16(17)18/h3-6H,7,13H2,1-2H3. The van der Waals surface area contributed by atoms with Crippen molar-refractivity contribution < 1.29 is 14.4 Å². The fraction of sp³-hybridized carbons (Fsp3) is 0.250. The van der Waals surface area contributed by atoms with Gasteiger partial charge in [0.25, 0.3) is 0 Å². The molecule has 0 spiro atoms. The summed E-state index contributed by atoms with van der Waals surface area (Å²) in [4.78, 5) is 10.2. The van der Waals surface area contributed by atoms with Gasteiger partial charge in [0.1, 0.15) is 17.7 Å². The van der Waals surface area contributed by atoms with Crippen LogP contribution in [-0.4, -0.2) is 28.9 Å². The molecule has 8 heteroatoms. The highest BCUT2D eigenvalue weighted by molar-refractivity contribution is 5.52. The largest absolute Gasteiger partial charge is 0.497 e. The van der Waals surface area contributed by atoms with Gasteiger partial charge in [0.15, 0.2) is 0 Å². The number of methoxy groups -OCH3 is 2. The van der Waals surface area contributed by atoms with Crippen LogP contribution in [0.1, 0.15) is 5.56 Å². The summed E-state index contributed by atoms with van der Waals surface area (Å²) in [5.41, 5.74) is 6.25. The number of nitro groups is 1. The van der Waals surface area contributed by atoms with Crippen LogP contribution in [0, 0.1) is 10.1 Å². The molecule has 2 rings (SSSR count). The third-order valence-corrected chi connectivity index (χ3v) is 2.86. The average Bonchev–Trinajstić information content (AvgIpc) is 2.80. The lowest BCUT2D eigenvalue weighted by Crippen LogP contribution is -2.08. The molecule has 2 aromatic rings. The molecule has 0 saturated heterocycles. The molecule has 0 saturated carbocycles. The average molecular weight is 278 g/mol. The Morgan fingerprint density at radius 2 is 2.15 bits per heavy atom. The van der Waals surface area contributed by atoms with E-state index >= 15 is 0 Å². The maximum absolute atomic E-state index is 10.7. The Bertz CT molecular complexity index is 638. The number of anilines is 1. The quantitative estimate of drug-likeness (QED) is 0.655. The first kappa shape index (κ1) is 13.7. The third kappa shape index (κ3) is 2.48. The second kappa shape index (κ2) is 5.47. The highest BCUT2D eigenvalue weighted by atomic mass is 16.6. The predicted molar refractivity (Wildman–Crippen MR) is 71.9 cm³/mol. The molecule has 1 aromatic carbocycles. The monoisotopic (exact) mass is 278 g/mol. The van der Waals surface area contributed by atoms with Gasteiger partial charge >= 0.3 is 5.69 Å². The number of hydrogen-bond donors (Lipinski definition) is 1. The minimum atomic E-state index is -0.568. The number of nitrogen functional groups attached to an aromatic ring is 1. The van der Waals surface area contributed by atoms with Gasteiger partial charge in [0.2, 0.25) is 5.82 Å². The molecular formula is C12H14N4O4. The fourth-order valence-corrected chi connectivity index (χ4v) is 1.82. The number of ether oxygens (including phenoxy) is 2. The van der Waals surface area contributed by atoms with E-state index in [1.165, 1.54) is 4.68 Å². The number of nitrogens with zero attached hydrogens (tertiary/aromatic N) is 3. The van der Waals surface area contributed by atoms with Crippen LogP contribution in [0.5, 0.6) is 11.5 Å². The van der Waals surface area contributed by atoms with E-state index in [4.69, 9.17) is 15.2 Å². The Morgan fingerprint density at radius 3 is 2.70 bits per heavy atom. The second-order valence-electron chi connectivity index (χ2n) is 4.01. The molecule has 0 atom stereocenters. The van der Waals surface area contributed by atoms with E-state index in [0.717, 1.165) is 11.8 Å². The van der Waals surface area contributed by atoms with Gasteiger partial charge in [-0.25, -0.2) is 4.68 Å². The van der Waals surface area contributed by atoms with Crippen molar-refractivity contribution in [1.29, 1.82) is 0 Å². The lowest BCUT2D eigenvalue weighted by atomic mass is 10.2. The Hall–Kier alpha value is -2.77. The lowest BCUT2D eigenvalue weighted by Gasteiger charge is -2.11. The first-order valence-electron chi connectivity index (χ1n) is 5.73. The Morgan fingerprint density at radius 1 is 1.40 bits per heavy atom. The Kier molecular flexibility index (Phi) is 3.74. The Balaban J connectivity index is 2.36. The van der Waals surface area contributed by atoms with E-state index in [0.29, 0.717) is 11.5 Å². The van der Waals surface area contributed by atoms with E-state index in [1.807, 2.05) is 0 Å². The van der Waals surface area contributed by atoms with Crippen molar-refractivity contribution in [3.8, 4) is 11.5 Å².